The monoisotopic (exact) mass is 332 g/mol. The number of fused-ring (bicyclic) bond motifs is 1. The molecule has 124 valence electrons. The molecule has 0 aliphatic rings. The van der Waals surface area contributed by atoms with Crippen LogP contribution in [0.5, 0.6) is 0 Å². The van der Waals surface area contributed by atoms with Crippen LogP contribution in [0.3, 0.4) is 0 Å². The topological polar surface area (TPSA) is 71.3 Å². The molecular formula is C20H16N2O3. The van der Waals surface area contributed by atoms with E-state index in [0.717, 1.165) is 16.6 Å². The van der Waals surface area contributed by atoms with Crippen LogP contribution in [0.2, 0.25) is 0 Å². The molecule has 0 spiro atoms. The van der Waals surface area contributed by atoms with E-state index in [0.29, 0.717) is 5.58 Å². The number of carbonyl (C=O) groups is 2. The van der Waals surface area contributed by atoms with Gasteiger partial charge in [-0.2, -0.15) is 0 Å². The number of carbonyl (C=O) groups excluding carboxylic acids is 2. The summed E-state index contributed by atoms with van der Waals surface area (Å²) in [5.41, 5.74) is 2.20. The number of benzene rings is 2. The van der Waals surface area contributed by atoms with Gasteiger partial charge in [0.05, 0.1) is 6.54 Å². The lowest BCUT2D eigenvalue weighted by atomic mass is 10.2. The molecule has 3 aromatic rings. The molecule has 5 heteroatoms. The lowest BCUT2D eigenvalue weighted by Gasteiger charge is -2.00. The molecule has 0 aliphatic carbocycles. The van der Waals surface area contributed by atoms with Gasteiger partial charge in [0.15, 0.2) is 5.76 Å². The molecule has 2 amide bonds. The van der Waals surface area contributed by atoms with Crippen molar-refractivity contribution in [2.75, 3.05) is 11.9 Å². The molecule has 0 fully saturated rings. The first-order chi connectivity index (χ1) is 12.1. The Balaban J connectivity index is 1.56. The highest BCUT2D eigenvalue weighted by atomic mass is 16.3. The Bertz CT molecular complexity index is 942. The Labute approximate surface area is 145 Å². The van der Waals surface area contributed by atoms with Crippen LogP contribution < -0.4 is 10.6 Å². The Morgan fingerprint density at radius 2 is 1.84 bits per heavy atom. The van der Waals surface area contributed by atoms with Crippen LogP contribution in [0.4, 0.5) is 5.69 Å². The third-order valence-electron chi connectivity index (χ3n) is 3.42. The zero-order valence-corrected chi connectivity index (χ0v) is 13.6. The number of para-hydroxylation sites is 1. The Kier molecular flexibility index (Phi) is 4.82. The van der Waals surface area contributed by atoms with Crippen molar-refractivity contribution >= 4 is 28.5 Å². The molecule has 0 aliphatic heterocycles. The molecule has 0 atom stereocenters. The zero-order valence-electron chi connectivity index (χ0n) is 13.6. The highest BCUT2D eigenvalue weighted by molar-refractivity contribution is 5.96. The Morgan fingerprint density at radius 1 is 1.08 bits per heavy atom. The third-order valence-corrected chi connectivity index (χ3v) is 3.42. The summed E-state index contributed by atoms with van der Waals surface area (Å²) in [5.74, 6) is 5.68. The number of furan rings is 1. The van der Waals surface area contributed by atoms with E-state index in [2.05, 4.69) is 22.5 Å². The molecule has 0 saturated heterocycles. The van der Waals surface area contributed by atoms with Crippen LogP contribution in [0.15, 0.2) is 59.0 Å². The smallest absolute Gasteiger partial charge is 0.287 e. The number of nitrogens with one attached hydrogen (secondary N) is 2. The van der Waals surface area contributed by atoms with Crippen molar-refractivity contribution in [3.63, 3.8) is 0 Å². The SMILES string of the molecule is CC(=O)Nc1ccc(C#CCNC(=O)c2cc3ccccc3o2)cc1. The summed E-state index contributed by atoms with van der Waals surface area (Å²) in [6, 6.07) is 16.3. The summed E-state index contributed by atoms with van der Waals surface area (Å²) in [4.78, 5) is 23.0. The maximum atomic E-state index is 12.1. The van der Waals surface area contributed by atoms with E-state index in [9.17, 15) is 9.59 Å². The van der Waals surface area contributed by atoms with E-state index in [1.807, 2.05) is 24.3 Å². The van der Waals surface area contributed by atoms with Crippen LogP contribution >= 0.6 is 0 Å². The quantitative estimate of drug-likeness (QED) is 0.724. The van der Waals surface area contributed by atoms with Gasteiger partial charge in [0.1, 0.15) is 5.58 Å². The van der Waals surface area contributed by atoms with Gasteiger partial charge in [0.25, 0.3) is 5.91 Å². The Morgan fingerprint density at radius 3 is 2.56 bits per heavy atom. The minimum absolute atomic E-state index is 0.118. The fraction of sp³-hybridized carbons (Fsp3) is 0.100. The van der Waals surface area contributed by atoms with E-state index < -0.39 is 0 Å². The van der Waals surface area contributed by atoms with E-state index >= 15 is 0 Å². The van der Waals surface area contributed by atoms with E-state index in [4.69, 9.17) is 4.42 Å². The predicted octanol–water partition coefficient (Wildman–Crippen LogP) is 3.17. The van der Waals surface area contributed by atoms with Gasteiger partial charge in [-0.3, -0.25) is 9.59 Å². The summed E-state index contributed by atoms with van der Waals surface area (Å²) in [7, 11) is 0. The molecular weight excluding hydrogens is 316 g/mol. The summed E-state index contributed by atoms with van der Waals surface area (Å²) in [6.07, 6.45) is 0. The zero-order chi connectivity index (χ0) is 17.6. The van der Waals surface area contributed by atoms with Crippen molar-refractivity contribution in [2.45, 2.75) is 6.92 Å². The fourth-order valence-corrected chi connectivity index (χ4v) is 2.29. The van der Waals surface area contributed by atoms with Crippen molar-refractivity contribution in [1.82, 2.24) is 5.32 Å². The minimum Gasteiger partial charge on any atom is -0.451 e. The van der Waals surface area contributed by atoms with Crippen molar-refractivity contribution in [1.29, 1.82) is 0 Å². The fourth-order valence-electron chi connectivity index (χ4n) is 2.29. The first-order valence-electron chi connectivity index (χ1n) is 7.75. The molecule has 3 rings (SSSR count). The summed E-state index contributed by atoms with van der Waals surface area (Å²) < 4.78 is 5.50. The van der Waals surface area contributed by atoms with Crippen LogP contribution in [0.1, 0.15) is 23.0 Å². The highest BCUT2D eigenvalue weighted by Gasteiger charge is 2.10. The molecule has 0 unspecified atom stereocenters. The molecule has 0 radical (unpaired) electrons. The van der Waals surface area contributed by atoms with Gasteiger partial charge in [-0.1, -0.05) is 30.0 Å². The number of amides is 2. The van der Waals surface area contributed by atoms with Gasteiger partial charge >= 0.3 is 0 Å². The number of anilines is 1. The van der Waals surface area contributed by atoms with Crippen LogP contribution in [-0.2, 0) is 4.79 Å². The van der Waals surface area contributed by atoms with E-state index in [-0.39, 0.29) is 24.1 Å². The van der Waals surface area contributed by atoms with Gasteiger partial charge in [-0.15, -0.1) is 0 Å². The number of rotatable bonds is 3. The summed E-state index contributed by atoms with van der Waals surface area (Å²) >= 11 is 0. The first kappa shape index (κ1) is 16.3. The molecule has 0 bridgehead atoms. The molecule has 25 heavy (non-hydrogen) atoms. The lowest BCUT2D eigenvalue weighted by Crippen LogP contribution is -2.22. The third kappa shape index (κ3) is 4.27. The normalized spacial score (nSPS) is 9.96. The van der Waals surface area contributed by atoms with Gasteiger partial charge in [0, 0.05) is 23.6 Å². The predicted molar refractivity (Wildman–Crippen MR) is 96.2 cm³/mol. The lowest BCUT2D eigenvalue weighted by molar-refractivity contribution is -0.114. The molecule has 2 aromatic carbocycles. The second-order valence-electron chi connectivity index (χ2n) is 5.39. The van der Waals surface area contributed by atoms with Gasteiger partial charge in [0.2, 0.25) is 5.91 Å². The van der Waals surface area contributed by atoms with Crippen molar-refractivity contribution in [3.05, 3.63) is 65.9 Å². The first-order valence-corrected chi connectivity index (χ1v) is 7.75. The second-order valence-corrected chi connectivity index (χ2v) is 5.39. The molecule has 5 nitrogen and oxygen atoms in total. The maximum Gasteiger partial charge on any atom is 0.287 e. The van der Waals surface area contributed by atoms with Crippen molar-refractivity contribution in [3.8, 4) is 11.8 Å². The largest absolute Gasteiger partial charge is 0.451 e. The minimum atomic E-state index is -0.300. The van der Waals surface area contributed by atoms with Crippen molar-refractivity contribution in [2.24, 2.45) is 0 Å². The van der Waals surface area contributed by atoms with E-state index in [1.165, 1.54) is 6.92 Å². The van der Waals surface area contributed by atoms with Gasteiger partial charge in [-0.25, -0.2) is 0 Å². The van der Waals surface area contributed by atoms with E-state index in [1.54, 1.807) is 30.3 Å². The second kappa shape index (κ2) is 7.37. The Hall–Kier alpha value is -3.52. The molecule has 1 heterocycles. The maximum absolute atomic E-state index is 12.1. The summed E-state index contributed by atoms with van der Waals surface area (Å²) in [6.45, 7) is 1.67. The molecule has 2 N–H and O–H groups in total. The standard InChI is InChI=1S/C20H16N2O3/c1-14(23)22-17-10-8-15(9-11-17)5-4-12-21-20(24)19-13-16-6-2-3-7-18(16)25-19/h2-3,6-11,13H,12H2,1H3,(H,21,24)(H,22,23). The molecule has 1 aromatic heterocycles. The summed E-state index contributed by atoms with van der Waals surface area (Å²) in [5, 5.41) is 6.28. The average molecular weight is 332 g/mol. The molecule has 0 saturated carbocycles. The van der Waals surface area contributed by atoms with Crippen LogP contribution in [0.25, 0.3) is 11.0 Å². The number of hydrogen-bond acceptors (Lipinski definition) is 3. The number of hydrogen-bond donors (Lipinski definition) is 2. The average Bonchev–Trinajstić information content (AvgIpc) is 3.04. The van der Waals surface area contributed by atoms with Crippen molar-refractivity contribution < 1.29 is 14.0 Å². The van der Waals surface area contributed by atoms with Gasteiger partial charge < -0.3 is 15.1 Å². The van der Waals surface area contributed by atoms with Crippen LogP contribution in [-0.4, -0.2) is 18.4 Å². The van der Waals surface area contributed by atoms with Gasteiger partial charge in [-0.05, 0) is 36.4 Å². The van der Waals surface area contributed by atoms with Crippen LogP contribution in [0, 0.1) is 11.8 Å². The highest BCUT2D eigenvalue weighted by Crippen LogP contribution is 2.18.